The average Bonchev–Trinajstić information content (AvgIpc) is 3.11. The Hall–Kier alpha value is -2.42. The second kappa shape index (κ2) is 5.04. The van der Waals surface area contributed by atoms with Crippen molar-refractivity contribution in [2.75, 3.05) is 12.9 Å². The van der Waals surface area contributed by atoms with Gasteiger partial charge in [0.2, 0.25) is 11.7 Å². The van der Waals surface area contributed by atoms with E-state index in [9.17, 15) is 13.2 Å². The highest BCUT2D eigenvalue weighted by molar-refractivity contribution is 7.90. The smallest absolute Gasteiger partial charge is 0.407 e. The van der Waals surface area contributed by atoms with Crippen LogP contribution in [0.25, 0.3) is 11.4 Å². The van der Waals surface area contributed by atoms with E-state index in [1.807, 2.05) is 0 Å². The molecule has 1 aliphatic carbocycles. The van der Waals surface area contributed by atoms with Gasteiger partial charge in [0, 0.05) is 17.7 Å². The van der Waals surface area contributed by atoms with Gasteiger partial charge in [-0.25, -0.2) is 13.2 Å². The van der Waals surface area contributed by atoms with E-state index >= 15 is 0 Å². The fourth-order valence-electron chi connectivity index (χ4n) is 3.14. The average molecular weight is 349 g/mol. The largest absolute Gasteiger partial charge is 0.447 e. The molecule has 4 rings (SSSR count). The highest BCUT2D eigenvalue weighted by Crippen LogP contribution is 2.46. The van der Waals surface area contributed by atoms with Crippen molar-refractivity contribution in [3.8, 4) is 11.4 Å². The molecule has 1 aromatic heterocycles. The molecule has 126 valence electrons. The second-order valence-corrected chi connectivity index (χ2v) is 8.36. The zero-order chi connectivity index (χ0) is 16.9. The molecule has 2 aliphatic rings. The molecule has 1 N–H and O–H groups in total. The van der Waals surface area contributed by atoms with Gasteiger partial charge in [0.15, 0.2) is 9.84 Å². The zero-order valence-corrected chi connectivity index (χ0v) is 13.7. The lowest BCUT2D eigenvalue weighted by Gasteiger charge is -2.40. The molecule has 0 radical (unpaired) electrons. The predicted octanol–water partition coefficient (Wildman–Crippen LogP) is 1.50. The molecule has 0 atom stereocenters. The highest BCUT2D eigenvalue weighted by atomic mass is 32.2. The summed E-state index contributed by atoms with van der Waals surface area (Å²) in [5.41, 5.74) is 0.386. The Kier molecular flexibility index (Phi) is 3.17. The lowest BCUT2D eigenvalue weighted by Crippen LogP contribution is -2.53. The van der Waals surface area contributed by atoms with E-state index in [2.05, 4.69) is 15.5 Å². The van der Waals surface area contributed by atoms with Crippen molar-refractivity contribution >= 4 is 15.9 Å². The first-order chi connectivity index (χ1) is 11.3. The van der Waals surface area contributed by atoms with Crippen LogP contribution in [-0.2, 0) is 14.6 Å². The van der Waals surface area contributed by atoms with Gasteiger partial charge >= 0.3 is 6.09 Å². The van der Waals surface area contributed by atoms with Gasteiger partial charge in [0.1, 0.15) is 6.61 Å². The third-order valence-corrected chi connectivity index (χ3v) is 5.58. The highest BCUT2D eigenvalue weighted by Gasteiger charge is 2.52. The lowest BCUT2D eigenvalue weighted by molar-refractivity contribution is 0.122. The van der Waals surface area contributed by atoms with E-state index < -0.39 is 9.84 Å². The lowest BCUT2D eigenvalue weighted by atomic mass is 9.69. The van der Waals surface area contributed by atoms with E-state index in [4.69, 9.17) is 9.26 Å². The fraction of sp³-hybridized carbons (Fsp3) is 0.400. The fourth-order valence-corrected chi connectivity index (χ4v) is 3.77. The first kappa shape index (κ1) is 15.1. The van der Waals surface area contributed by atoms with Crippen molar-refractivity contribution < 1.29 is 22.5 Å². The van der Waals surface area contributed by atoms with Crippen LogP contribution in [0.2, 0.25) is 0 Å². The van der Waals surface area contributed by atoms with E-state index in [0.717, 1.165) is 6.26 Å². The maximum Gasteiger partial charge on any atom is 0.407 e. The summed E-state index contributed by atoms with van der Waals surface area (Å²) < 4.78 is 33.2. The first-order valence-electron chi connectivity index (χ1n) is 7.44. The van der Waals surface area contributed by atoms with Gasteiger partial charge < -0.3 is 14.6 Å². The number of carbonyl (C=O) groups is 1. The van der Waals surface area contributed by atoms with Crippen LogP contribution in [0.1, 0.15) is 24.7 Å². The molecule has 9 heteroatoms. The third-order valence-electron chi connectivity index (χ3n) is 4.45. The molecule has 1 aromatic carbocycles. The third kappa shape index (κ3) is 2.54. The molecule has 24 heavy (non-hydrogen) atoms. The standard InChI is InChI=1S/C15H15N3O5S/c1-24(20,21)11-4-2-9(3-5-11)12-16-13(23-18-12)10-6-15(7-10)8-22-14(19)17-15/h2-5,10H,6-8H2,1H3,(H,17,19). The molecule has 0 bridgehead atoms. The molecule has 1 spiro atoms. The number of cyclic esters (lactones) is 1. The Labute approximate surface area is 138 Å². The summed E-state index contributed by atoms with van der Waals surface area (Å²) in [7, 11) is -3.23. The van der Waals surface area contributed by atoms with Gasteiger partial charge in [-0.05, 0) is 37.1 Å². The van der Waals surface area contributed by atoms with Crippen molar-refractivity contribution in [3.63, 3.8) is 0 Å². The molecule has 2 heterocycles. The number of aromatic nitrogens is 2. The van der Waals surface area contributed by atoms with Crippen molar-refractivity contribution in [2.24, 2.45) is 0 Å². The zero-order valence-electron chi connectivity index (χ0n) is 12.9. The van der Waals surface area contributed by atoms with Crippen molar-refractivity contribution in [1.29, 1.82) is 0 Å². The predicted molar refractivity (Wildman–Crippen MR) is 82.0 cm³/mol. The first-order valence-corrected chi connectivity index (χ1v) is 9.33. The minimum absolute atomic E-state index is 0.0866. The number of amides is 1. The summed E-state index contributed by atoms with van der Waals surface area (Å²) in [6.07, 6.45) is 2.18. The summed E-state index contributed by atoms with van der Waals surface area (Å²) >= 11 is 0. The summed E-state index contributed by atoms with van der Waals surface area (Å²) in [4.78, 5) is 15.8. The van der Waals surface area contributed by atoms with Crippen LogP contribution >= 0.6 is 0 Å². The van der Waals surface area contributed by atoms with E-state index in [-0.39, 0.29) is 22.4 Å². The molecule has 8 nitrogen and oxygen atoms in total. The van der Waals surface area contributed by atoms with Gasteiger partial charge in [0.05, 0.1) is 10.4 Å². The Balaban J connectivity index is 1.49. The van der Waals surface area contributed by atoms with Gasteiger partial charge in [-0.15, -0.1) is 0 Å². The number of hydrogen-bond acceptors (Lipinski definition) is 7. The molecule has 1 aliphatic heterocycles. The molecule has 2 fully saturated rings. The van der Waals surface area contributed by atoms with Crippen molar-refractivity contribution in [2.45, 2.75) is 29.2 Å². The number of benzene rings is 1. The van der Waals surface area contributed by atoms with Crippen LogP contribution in [0.4, 0.5) is 4.79 Å². The summed E-state index contributed by atoms with van der Waals surface area (Å²) in [6.45, 7) is 0.371. The minimum Gasteiger partial charge on any atom is -0.447 e. The van der Waals surface area contributed by atoms with Crippen LogP contribution in [-0.4, -0.2) is 43.1 Å². The number of hydrogen-bond donors (Lipinski definition) is 1. The number of nitrogens with one attached hydrogen (secondary N) is 1. The van der Waals surface area contributed by atoms with Crippen molar-refractivity contribution in [3.05, 3.63) is 30.2 Å². The number of sulfone groups is 1. The Morgan fingerprint density at radius 1 is 1.25 bits per heavy atom. The van der Waals surface area contributed by atoms with Crippen LogP contribution in [0.3, 0.4) is 0 Å². The van der Waals surface area contributed by atoms with E-state index in [1.54, 1.807) is 12.1 Å². The number of rotatable bonds is 3. The van der Waals surface area contributed by atoms with Crippen LogP contribution in [0, 0.1) is 0 Å². The molecule has 1 amide bonds. The minimum atomic E-state index is -3.23. The van der Waals surface area contributed by atoms with Gasteiger partial charge in [0.25, 0.3) is 0 Å². The second-order valence-electron chi connectivity index (χ2n) is 6.34. The van der Waals surface area contributed by atoms with Gasteiger partial charge in [-0.1, -0.05) is 5.16 Å². The monoisotopic (exact) mass is 349 g/mol. The van der Waals surface area contributed by atoms with Gasteiger partial charge in [-0.2, -0.15) is 4.98 Å². The molecule has 2 aromatic rings. The molecule has 0 unspecified atom stereocenters. The Bertz CT molecular complexity index is 897. The van der Waals surface area contributed by atoms with Gasteiger partial charge in [-0.3, -0.25) is 0 Å². The topological polar surface area (TPSA) is 111 Å². The number of nitrogens with zero attached hydrogens (tertiary/aromatic N) is 2. The molecular weight excluding hydrogens is 334 g/mol. The normalized spacial score (nSPS) is 26.0. The van der Waals surface area contributed by atoms with Crippen LogP contribution in [0.15, 0.2) is 33.7 Å². The summed E-state index contributed by atoms with van der Waals surface area (Å²) in [6, 6.07) is 6.34. The van der Waals surface area contributed by atoms with E-state index in [1.165, 1.54) is 12.1 Å². The SMILES string of the molecule is CS(=O)(=O)c1ccc(-c2noc(C3CC4(COC(=O)N4)C3)n2)cc1. The Morgan fingerprint density at radius 3 is 2.54 bits per heavy atom. The maximum atomic E-state index is 11.5. The Morgan fingerprint density at radius 2 is 1.96 bits per heavy atom. The quantitative estimate of drug-likeness (QED) is 0.893. The van der Waals surface area contributed by atoms with Crippen molar-refractivity contribution in [1.82, 2.24) is 15.5 Å². The number of carbonyl (C=O) groups excluding carboxylic acids is 1. The van der Waals surface area contributed by atoms with E-state index in [0.29, 0.717) is 36.7 Å². The van der Waals surface area contributed by atoms with Crippen LogP contribution in [0.5, 0.6) is 0 Å². The maximum absolute atomic E-state index is 11.5. The number of ether oxygens (including phenoxy) is 1. The number of alkyl carbamates (subject to hydrolysis) is 1. The van der Waals surface area contributed by atoms with Crippen LogP contribution < -0.4 is 5.32 Å². The summed E-state index contributed by atoms with van der Waals surface area (Å²) in [5, 5.41) is 6.77. The molecule has 1 saturated carbocycles. The molecule has 1 saturated heterocycles. The molecular formula is C15H15N3O5S. The summed E-state index contributed by atoms with van der Waals surface area (Å²) in [5.74, 6) is 1.02.